The van der Waals surface area contributed by atoms with E-state index in [1.165, 1.54) is 50.1 Å². The summed E-state index contributed by atoms with van der Waals surface area (Å²) in [5.41, 5.74) is 2.93. The van der Waals surface area contributed by atoms with Crippen LogP contribution in [0.25, 0.3) is 11.2 Å². The van der Waals surface area contributed by atoms with E-state index in [1.807, 2.05) is 11.4 Å². The molecule has 0 bridgehead atoms. The predicted octanol–water partition coefficient (Wildman–Crippen LogP) is 4.95. The van der Waals surface area contributed by atoms with Gasteiger partial charge in [-0.1, -0.05) is 49.4 Å². The van der Waals surface area contributed by atoms with Crippen LogP contribution in [0.15, 0.2) is 18.3 Å². The quantitative estimate of drug-likeness (QED) is 0.683. The van der Waals surface area contributed by atoms with E-state index in [0.29, 0.717) is 11.1 Å². The molecule has 2 heterocycles. The average Bonchev–Trinajstić information content (AvgIpc) is 3.27. The standard InChI is InChI=1S/C16H21ClN4.C3H7NOS/c1-3-11(4-2)14-9-15(19-12-7-5-6-8-12)21-16(20-14)13(17)10-18-21;1-3(5)4-6-2/h3,9-10,12,19H,4-8H2,1-2H3;1-2H3,(H,4,5)/b11-3+;. The molecule has 27 heavy (non-hydrogen) atoms. The minimum atomic E-state index is 0.00231. The molecule has 0 atom stereocenters. The van der Waals surface area contributed by atoms with Gasteiger partial charge in [0.15, 0.2) is 5.65 Å². The van der Waals surface area contributed by atoms with E-state index in [0.717, 1.165) is 23.6 Å². The molecule has 1 aliphatic rings. The van der Waals surface area contributed by atoms with E-state index >= 15 is 0 Å². The van der Waals surface area contributed by atoms with Crippen LogP contribution in [-0.4, -0.2) is 32.8 Å². The molecule has 0 aliphatic heterocycles. The molecule has 6 nitrogen and oxygen atoms in total. The number of aromatic nitrogens is 3. The van der Waals surface area contributed by atoms with E-state index in [9.17, 15) is 4.79 Å². The molecule has 0 radical (unpaired) electrons. The Labute approximate surface area is 170 Å². The van der Waals surface area contributed by atoms with Gasteiger partial charge in [0.25, 0.3) is 0 Å². The summed E-state index contributed by atoms with van der Waals surface area (Å²) in [6.07, 6.45) is 11.6. The van der Waals surface area contributed by atoms with Crippen molar-refractivity contribution in [2.24, 2.45) is 0 Å². The highest BCUT2D eigenvalue weighted by Crippen LogP contribution is 2.27. The third-order valence-corrected chi connectivity index (χ3v) is 5.20. The van der Waals surface area contributed by atoms with Crippen LogP contribution in [0.4, 0.5) is 5.82 Å². The molecule has 2 N–H and O–H groups in total. The number of fused-ring (bicyclic) bond motifs is 1. The number of amides is 1. The fraction of sp³-hybridized carbons (Fsp3) is 0.526. The van der Waals surface area contributed by atoms with Crippen LogP contribution in [0.5, 0.6) is 0 Å². The van der Waals surface area contributed by atoms with E-state index in [4.69, 9.17) is 11.6 Å². The highest BCUT2D eigenvalue weighted by atomic mass is 35.5. The highest BCUT2D eigenvalue weighted by Gasteiger charge is 2.18. The Kier molecular flexibility index (Phi) is 8.44. The Bertz CT molecular complexity index is 799. The fourth-order valence-corrected chi connectivity index (χ4v) is 3.61. The van der Waals surface area contributed by atoms with E-state index in [1.54, 1.807) is 12.5 Å². The summed E-state index contributed by atoms with van der Waals surface area (Å²) in [5.74, 6) is 0.990. The molecule has 0 spiro atoms. The van der Waals surface area contributed by atoms with Gasteiger partial charge in [-0.3, -0.25) is 4.79 Å². The fourth-order valence-electron chi connectivity index (χ4n) is 3.16. The minimum absolute atomic E-state index is 0.00231. The third-order valence-electron chi connectivity index (χ3n) is 4.44. The van der Waals surface area contributed by atoms with Crippen molar-refractivity contribution in [2.45, 2.75) is 58.9 Å². The van der Waals surface area contributed by atoms with Crippen LogP contribution in [-0.2, 0) is 4.79 Å². The van der Waals surface area contributed by atoms with Crippen molar-refractivity contribution in [1.82, 2.24) is 19.3 Å². The number of allylic oxidation sites excluding steroid dienone is 2. The number of hydrogen-bond acceptors (Lipinski definition) is 5. The Hall–Kier alpha value is -1.73. The second kappa shape index (κ2) is 10.6. The first-order valence-corrected chi connectivity index (χ1v) is 10.9. The number of rotatable bonds is 5. The molecule has 2 aromatic heterocycles. The van der Waals surface area contributed by atoms with Gasteiger partial charge in [-0.25, -0.2) is 4.98 Å². The van der Waals surface area contributed by atoms with E-state index in [-0.39, 0.29) is 5.91 Å². The Morgan fingerprint density at radius 1 is 1.44 bits per heavy atom. The molecule has 148 valence electrons. The summed E-state index contributed by atoms with van der Waals surface area (Å²) in [6.45, 7) is 5.67. The van der Waals surface area contributed by atoms with Crippen LogP contribution >= 0.6 is 23.5 Å². The maximum atomic E-state index is 9.91. The van der Waals surface area contributed by atoms with Crippen molar-refractivity contribution in [1.29, 1.82) is 0 Å². The number of carbonyl (C=O) groups excluding carboxylic acids is 1. The lowest BCUT2D eigenvalue weighted by molar-refractivity contribution is -0.117. The first-order chi connectivity index (χ1) is 13.0. The zero-order valence-electron chi connectivity index (χ0n) is 16.4. The van der Waals surface area contributed by atoms with Crippen LogP contribution in [0.1, 0.15) is 58.6 Å². The second-order valence-corrected chi connectivity index (χ2v) is 7.43. The Morgan fingerprint density at radius 2 is 2.15 bits per heavy atom. The van der Waals surface area contributed by atoms with Crippen molar-refractivity contribution < 1.29 is 4.79 Å². The minimum Gasteiger partial charge on any atom is -0.367 e. The number of hydrogen-bond donors (Lipinski definition) is 2. The number of nitrogens with one attached hydrogen (secondary N) is 2. The van der Waals surface area contributed by atoms with Gasteiger partial charge in [-0.15, -0.1) is 0 Å². The first kappa shape index (κ1) is 21.6. The molecular weight excluding hydrogens is 382 g/mol. The molecule has 1 saturated carbocycles. The molecule has 0 saturated heterocycles. The molecule has 8 heteroatoms. The van der Waals surface area contributed by atoms with Gasteiger partial charge in [-0.05, 0) is 31.8 Å². The van der Waals surface area contributed by atoms with Crippen molar-refractivity contribution in [3.8, 4) is 0 Å². The highest BCUT2D eigenvalue weighted by molar-refractivity contribution is 7.97. The Morgan fingerprint density at radius 3 is 2.67 bits per heavy atom. The zero-order chi connectivity index (χ0) is 19.8. The predicted molar refractivity (Wildman–Crippen MR) is 115 cm³/mol. The average molecular weight is 410 g/mol. The zero-order valence-corrected chi connectivity index (χ0v) is 18.0. The SMILES string of the molecule is C/C=C(\CC)c1cc(NC2CCCC2)n2ncc(Cl)c2n1.CSNC(C)=O. The van der Waals surface area contributed by atoms with Gasteiger partial charge in [0.2, 0.25) is 5.91 Å². The van der Waals surface area contributed by atoms with Gasteiger partial charge in [0.1, 0.15) is 10.8 Å². The molecule has 0 unspecified atom stereocenters. The number of halogens is 1. The topological polar surface area (TPSA) is 71.3 Å². The van der Waals surface area contributed by atoms with Gasteiger partial charge in [0, 0.05) is 25.3 Å². The van der Waals surface area contributed by atoms with Gasteiger partial charge >= 0.3 is 0 Å². The summed E-state index contributed by atoms with van der Waals surface area (Å²) in [6, 6.07) is 2.62. The summed E-state index contributed by atoms with van der Waals surface area (Å²) < 4.78 is 4.30. The molecule has 3 rings (SSSR count). The number of carbonyl (C=O) groups is 1. The van der Waals surface area contributed by atoms with Crippen LogP contribution in [0.3, 0.4) is 0 Å². The maximum Gasteiger partial charge on any atom is 0.226 e. The largest absolute Gasteiger partial charge is 0.367 e. The van der Waals surface area contributed by atoms with Crippen LogP contribution in [0, 0.1) is 0 Å². The van der Waals surface area contributed by atoms with Gasteiger partial charge in [-0.2, -0.15) is 9.61 Å². The molecule has 2 aromatic rings. The van der Waals surface area contributed by atoms with Gasteiger partial charge < -0.3 is 10.0 Å². The molecule has 1 aliphatic carbocycles. The lowest BCUT2D eigenvalue weighted by atomic mass is 10.1. The summed E-state index contributed by atoms with van der Waals surface area (Å²) in [5, 5.41) is 8.56. The van der Waals surface area contributed by atoms with E-state index in [2.05, 4.69) is 39.2 Å². The number of anilines is 1. The monoisotopic (exact) mass is 409 g/mol. The summed E-state index contributed by atoms with van der Waals surface area (Å²) >= 11 is 7.54. The summed E-state index contributed by atoms with van der Waals surface area (Å²) in [7, 11) is 0. The molecule has 1 amide bonds. The Balaban J connectivity index is 0.000000380. The van der Waals surface area contributed by atoms with Gasteiger partial charge in [0.05, 0.1) is 11.9 Å². The smallest absolute Gasteiger partial charge is 0.226 e. The molecular formula is C19H28ClN5OS. The lowest BCUT2D eigenvalue weighted by Gasteiger charge is -2.16. The second-order valence-electron chi connectivity index (χ2n) is 6.41. The maximum absolute atomic E-state index is 9.91. The first-order valence-electron chi connectivity index (χ1n) is 9.26. The molecule has 0 aromatic carbocycles. The van der Waals surface area contributed by atoms with Crippen molar-refractivity contribution >= 4 is 46.5 Å². The summed E-state index contributed by atoms with van der Waals surface area (Å²) in [4.78, 5) is 14.6. The van der Waals surface area contributed by atoms with Crippen molar-refractivity contribution in [2.75, 3.05) is 11.6 Å². The van der Waals surface area contributed by atoms with E-state index < -0.39 is 0 Å². The lowest BCUT2D eigenvalue weighted by Crippen LogP contribution is -2.17. The van der Waals surface area contributed by atoms with Crippen molar-refractivity contribution in [3.05, 3.63) is 29.1 Å². The third kappa shape index (κ3) is 5.87. The van der Waals surface area contributed by atoms with Crippen LogP contribution < -0.4 is 10.0 Å². The molecule has 1 fully saturated rings. The van der Waals surface area contributed by atoms with Crippen molar-refractivity contribution in [3.63, 3.8) is 0 Å². The normalized spacial score (nSPS) is 14.8. The van der Waals surface area contributed by atoms with Crippen LogP contribution in [0.2, 0.25) is 5.02 Å². The number of nitrogens with zero attached hydrogens (tertiary/aromatic N) is 3.